The number of nitrogens with zero attached hydrogens (tertiary/aromatic N) is 4. The Balaban J connectivity index is 1.52. The van der Waals surface area contributed by atoms with Crippen LogP contribution in [0.5, 0.6) is 0 Å². The van der Waals surface area contributed by atoms with Crippen LogP contribution in [0.25, 0.3) is 22.8 Å². The standard InChI is InChI=1S/C19H22N6O3S/c1-29-19-15(18-22-17(24-28-18)12-6-3-2-4-7-12)16(20)25(23-19)11-14(26)21-10-13-8-5-9-27-13/h2-4,6-7,13H,5,8-11,20H2,1H3,(H,21,26)/t13-/m0/s1. The summed E-state index contributed by atoms with van der Waals surface area (Å²) in [5, 5.41) is 12.0. The van der Waals surface area contributed by atoms with Crippen LogP contribution >= 0.6 is 11.8 Å². The molecule has 9 nitrogen and oxygen atoms in total. The predicted octanol–water partition coefficient (Wildman–Crippen LogP) is 2.20. The summed E-state index contributed by atoms with van der Waals surface area (Å²) in [7, 11) is 0. The first-order valence-corrected chi connectivity index (χ1v) is 10.6. The smallest absolute Gasteiger partial charge is 0.264 e. The van der Waals surface area contributed by atoms with Gasteiger partial charge in [0.1, 0.15) is 23.0 Å². The maximum atomic E-state index is 12.3. The first-order valence-electron chi connectivity index (χ1n) is 9.33. The fraction of sp³-hybridized carbons (Fsp3) is 0.368. The Bertz CT molecular complexity index is 981. The van der Waals surface area contributed by atoms with E-state index in [-0.39, 0.29) is 24.4 Å². The number of benzene rings is 1. The molecule has 1 aliphatic heterocycles. The Hall–Kier alpha value is -2.85. The van der Waals surface area contributed by atoms with Crippen molar-refractivity contribution in [3.8, 4) is 22.8 Å². The molecule has 0 unspecified atom stereocenters. The summed E-state index contributed by atoms with van der Waals surface area (Å²) < 4.78 is 12.4. The molecule has 1 saturated heterocycles. The van der Waals surface area contributed by atoms with Gasteiger partial charge in [-0.25, -0.2) is 4.68 Å². The summed E-state index contributed by atoms with van der Waals surface area (Å²) >= 11 is 1.40. The molecule has 2 aromatic heterocycles. The highest BCUT2D eigenvalue weighted by Gasteiger charge is 2.24. The van der Waals surface area contributed by atoms with Crippen LogP contribution in [0.4, 0.5) is 5.82 Å². The van der Waals surface area contributed by atoms with E-state index in [1.807, 2.05) is 36.6 Å². The lowest BCUT2D eigenvalue weighted by atomic mass is 10.2. The predicted molar refractivity (Wildman–Crippen MR) is 109 cm³/mol. The molecule has 1 atom stereocenters. The fourth-order valence-corrected chi connectivity index (χ4v) is 3.75. The number of anilines is 1. The van der Waals surface area contributed by atoms with Crippen molar-refractivity contribution in [2.45, 2.75) is 30.5 Å². The van der Waals surface area contributed by atoms with Crippen molar-refractivity contribution in [3.63, 3.8) is 0 Å². The minimum absolute atomic E-state index is 0.00575. The number of carbonyl (C=O) groups is 1. The highest BCUT2D eigenvalue weighted by Crippen LogP contribution is 2.34. The van der Waals surface area contributed by atoms with Gasteiger partial charge in [0.2, 0.25) is 11.7 Å². The lowest BCUT2D eigenvalue weighted by Gasteiger charge is -2.11. The molecule has 0 saturated carbocycles. The number of rotatable bonds is 7. The van der Waals surface area contributed by atoms with Crippen LogP contribution in [-0.4, -0.2) is 51.3 Å². The third-order valence-electron chi connectivity index (χ3n) is 4.67. The summed E-state index contributed by atoms with van der Waals surface area (Å²) in [6.07, 6.45) is 3.96. The molecule has 10 heteroatoms. The quantitative estimate of drug-likeness (QED) is 0.565. The second kappa shape index (κ2) is 8.66. The topological polar surface area (TPSA) is 121 Å². The fourth-order valence-electron chi connectivity index (χ4n) is 3.17. The van der Waals surface area contributed by atoms with Crippen molar-refractivity contribution in [1.29, 1.82) is 0 Å². The first kappa shape index (κ1) is 19.5. The molecular formula is C19H22N6O3S. The number of nitrogens with one attached hydrogen (secondary N) is 1. The molecule has 3 N–H and O–H groups in total. The first-order chi connectivity index (χ1) is 14.2. The van der Waals surface area contributed by atoms with Gasteiger partial charge in [0.05, 0.1) is 6.10 Å². The van der Waals surface area contributed by atoms with E-state index in [0.717, 1.165) is 25.0 Å². The summed E-state index contributed by atoms with van der Waals surface area (Å²) in [6, 6.07) is 9.52. The molecule has 152 valence electrons. The number of carbonyl (C=O) groups excluding carboxylic acids is 1. The molecule has 0 bridgehead atoms. The lowest BCUT2D eigenvalue weighted by molar-refractivity contribution is -0.122. The molecule has 4 rings (SSSR count). The number of nitrogen functional groups attached to an aromatic ring is 1. The van der Waals surface area contributed by atoms with E-state index in [1.54, 1.807) is 0 Å². The normalized spacial score (nSPS) is 16.2. The van der Waals surface area contributed by atoms with E-state index in [2.05, 4.69) is 20.6 Å². The Morgan fingerprint density at radius 1 is 1.38 bits per heavy atom. The van der Waals surface area contributed by atoms with Gasteiger partial charge in [-0.2, -0.15) is 10.1 Å². The van der Waals surface area contributed by atoms with Gasteiger partial charge in [-0.1, -0.05) is 35.5 Å². The molecule has 0 radical (unpaired) electrons. The molecule has 1 aromatic carbocycles. The van der Waals surface area contributed by atoms with Crippen LogP contribution < -0.4 is 11.1 Å². The van der Waals surface area contributed by atoms with Gasteiger partial charge in [0.15, 0.2) is 0 Å². The van der Waals surface area contributed by atoms with Crippen molar-refractivity contribution >= 4 is 23.5 Å². The van der Waals surface area contributed by atoms with Crippen LogP contribution in [-0.2, 0) is 16.1 Å². The van der Waals surface area contributed by atoms with E-state index in [4.69, 9.17) is 15.0 Å². The van der Waals surface area contributed by atoms with E-state index in [1.165, 1.54) is 16.4 Å². The van der Waals surface area contributed by atoms with Gasteiger partial charge in [0.25, 0.3) is 5.89 Å². The lowest BCUT2D eigenvalue weighted by Crippen LogP contribution is -2.34. The number of nitrogens with two attached hydrogens (primary N) is 1. The minimum Gasteiger partial charge on any atom is -0.383 e. The van der Waals surface area contributed by atoms with E-state index in [9.17, 15) is 4.79 Å². The Morgan fingerprint density at radius 2 is 2.21 bits per heavy atom. The summed E-state index contributed by atoms with van der Waals surface area (Å²) in [4.78, 5) is 16.8. The average molecular weight is 414 g/mol. The number of ether oxygens (including phenoxy) is 1. The summed E-state index contributed by atoms with van der Waals surface area (Å²) in [6.45, 7) is 1.25. The zero-order valence-electron chi connectivity index (χ0n) is 16.0. The highest BCUT2D eigenvalue weighted by atomic mass is 32.2. The number of hydrogen-bond donors (Lipinski definition) is 2. The van der Waals surface area contributed by atoms with Gasteiger partial charge in [-0.15, -0.1) is 11.8 Å². The van der Waals surface area contributed by atoms with E-state index < -0.39 is 0 Å². The molecule has 0 aliphatic carbocycles. The van der Waals surface area contributed by atoms with Crippen molar-refractivity contribution in [2.75, 3.05) is 25.1 Å². The van der Waals surface area contributed by atoms with Crippen LogP contribution in [0, 0.1) is 0 Å². The maximum Gasteiger partial charge on any atom is 0.264 e. The van der Waals surface area contributed by atoms with Crippen LogP contribution in [0.2, 0.25) is 0 Å². The number of aromatic nitrogens is 4. The van der Waals surface area contributed by atoms with Crippen molar-refractivity contribution in [2.24, 2.45) is 0 Å². The number of hydrogen-bond acceptors (Lipinski definition) is 8. The average Bonchev–Trinajstić information content (AvgIpc) is 3.48. The van der Waals surface area contributed by atoms with E-state index >= 15 is 0 Å². The number of amides is 1. The van der Waals surface area contributed by atoms with Crippen LogP contribution in [0.15, 0.2) is 39.9 Å². The zero-order valence-corrected chi connectivity index (χ0v) is 16.8. The SMILES string of the molecule is CSc1nn(CC(=O)NC[C@@H]2CCCO2)c(N)c1-c1nc(-c2ccccc2)no1. The van der Waals surface area contributed by atoms with Crippen molar-refractivity contribution < 1.29 is 14.1 Å². The molecule has 3 heterocycles. The van der Waals surface area contributed by atoms with Gasteiger partial charge in [0, 0.05) is 18.7 Å². The second-order valence-electron chi connectivity index (χ2n) is 6.66. The summed E-state index contributed by atoms with van der Waals surface area (Å²) in [5.74, 6) is 0.875. The van der Waals surface area contributed by atoms with Crippen molar-refractivity contribution in [1.82, 2.24) is 25.2 Å². The van der Waals surface area contributed by atoms with Crippen LogP contribution in [0.3, 0.4) is 0 Å². The number of thioether (sulfide) groups is 1. The monoisotopic (exact) mass is 414 g/mol. The largest absolute Gasteiger partial charge is 0.383 e. The van der Waals surface area contributed by atoms with Gasteiger partial charge < -0.3 is 20.3 Å². The highest BCUT2D eigenvalue weighted by molar-refractivity contribution is 7.98. The summed E-state index contributed by atoms with van der Waals surface area (Å²) in [5.41, 5.74) is 7.66. The molecular weight excluding hydrogens is 392 g/mol. The molecule has 1 aliphatic rings. The third-order valence-corrected chi connectivity index (χ3v) is 5.34. The van der Waals surface area contributed by atoms with Gasteiger partial charge >= 0.3 is 0 Å². The molecule has 1 amide bonds. The van der Waals surface area contributed by atoms with E-state index in [0.29, 0.717) is 28.8 Å². The second-order valence-corrected chi connectivity index (χ2v) is 7.45. The Morgan fingerprint density at radius 3 is 2.93 bits per heavy atom. The van der Waals surface area contributed by atoms with Gasteiger partial charge in [-0.05, 0) is 19.1 Å². The minimum atomic E-state index is -0.176. The molecule has 29 heavy (non-hydrogen) atoms. The maximum absolute atomic E-state index is 12.3. The van der Waals surface area contributed by atoms with Crippen molar-refractivity contribution in [3.05, 3.63) is 30.3 Å². The van der Waals surface area contributed by atoms with Crippen LogP contribution in [0.1, 0.15) is 12.8 Å². The van der Waals surface area contributed by atoms with Gasteiger partial charge in [-0.3, -0.25) is 4.79 Å². The zero-order chi connectivity index (χ0) is 20.2. The molecule has 3 aromatic rings. The molecule has 0 spiro atoms. The molecule has 1 fully saturated rings. The third kappa shape index (κ3) is 4.28. The Kier molecular flexibility index (Phi) is 5.81. The Labute approximate surface area is 172 Å².